The van der Waals surface area contributed by atoms with Gasteiger partial charge in [0.15, 0.2) is 11.5 Å². The number of ether oxygens (including phenoxy) is 2. The van der Waals surface area contributed by atoms with Gasteiger partial charge in [-0.25, -0.2) is 14.4 Å². The van der Waals surface area contributed by atoms with Crippen molar-refractivity contribution in [2.75, 3.05) is 12.1 Å². The lowest BCUT2D eigenvalue weighted by molar-refractivity contribution is 0.0945. The van der Waals surface area contributed by atoms with Gasteiger partial charge in [0.05, 0.1) is 0 Å². The Morgan fingerprint density at radius 3 is 2.59 bits per heavy atom. The van der Waals surface area contributed by atoms with E-state index in [1.807, 2.05) is 18.2 Å². The quantitative estimate of drug-likeness (QED) is 0.668. The molecule has 1 aromatic heterocycles. The van der Waals surface area contributed by atoms with Crippen molar-refractivity contribution in [3.63, 3.8) is 0 Å². The number of carbonyl (C=O) groups excluding carboxylic acids is 1. The van der Waals surface area contributed by atoms with E-state index in [0.29, 0.717) is 36.2 Å². The van der Waals surface area contributed by atoms with Crippen molar-refractivity contribution in [3.05, 3.63) is 77.0 Å². The maximum atomic E-state index is 13.0. The van der Waals surface area contributed by atoms with Gasteiger partial charge in [0.25, 0.3) is 5.91 Å². The lowest BCUT2D eigenvalue weighted by Gasteiger charge is -2.10. The van der Waals surface area contributed by atoms with Gasteiger partial charge in [-0.1, -0.05) is 18.2 Å². The molecule has 0 bridgehead atoms. The molecule has 29 heavy (non-hydrogen) atoms. The number of nitrogens with one attached hydrogen (secondary N) is 2. The van der Waals surface area contributed by atoms with E-state index < -0.39 is 0 Å². The molecule has 1 aliphatic heterocycles. The smallest absolute Gasteiger partial charge is 0.270 e. The Kier molecular flexibility index (Phi) is 5.24. The van der Waals surface area contributed by atoms with Gasteiger partial charge < -0.3 is 20.1 Å². The van der Waals surface area contributed by atoms with E-state index in [2.05, 4.69) is 20.6 Å². The second-order valence-electron chi connectivity index (χ2n) is 6.54. The fourth-order valence-corrected chi connectivity index (χ4v) is 2.89. The minimum atomic E-state index is -0.307. The SMILES string of the molecule is Cc1nc(NCc2ccc(F)cc2)cc(C(=O)NCc2ccc3c(c2)OCO3)n1. The van der Waals surface area contributed by atoms with Crippen LogP contribution in [0.15, 0.2) is 48.5 Å². The van der Waals surface area contributed by atoms with Crippen molar-refractivity contribution in [2.24, 2.45) is 0 Å². The highest BCUT2D eigenvalue weighted by Crippen LogP contribution is 2.32. The topological polar surface area (TPSA) is 85.4 Å². The largest absolute Gasteiger partial charge is 0.454 e. The number of benzene rings is 2. The third kappa shape index (κ3) is 4.60. The normalized spacial score (nSPS) is 11.9. The van der Waals surface area contributed by atoms with E-state index in [-0.39, 0.29) is 24.2 Å². The van der Waals surface area contributed by atoms with Crippen LogP contribution in [-0.2, 0) is 13.1 Å². The molecule has 2 aromatic carbocycles. The lowest BCUT2D eigenvalue weighted by Crippen LogP contribution is -2.24. The number of hydrogen-bond donors (Lipinski definition) is 2. The minimum Gasteiger partial charge on any atom is -0.454 e. The number of halogens is 1. The van der Waals surface area contributed by atoms with Gasteiger partial charge in [0.1, 0.15) is 23.2 Å². The zero-order valence-electron chi connectivity index (χ0n) is 15.7. The van der Waals surface area contributed by atoms with E-state index in [9.17, 15) is 9.18 Å². The number of nitrogens with zero attached hydrogens (tertiary/aromatic N) is 2. The summed E-state index contributed by atoms with van der Waals surface area (Å²) in [5, 5.41) is 5.98. The molecule has 1 amide bonds. The third-order valence-electron chi connectivity index (χ3n) is 4.35. The highest BCUT2D eigenvalue weighted by atomic mass is 19.1. The van der Waals surface area contributed by atoms with Gasteiger partial charge in [-0.15, -0.1) is 0 Å². The summed E-state index contributed by atoms with van der Waals surface area (Å²) in [7, 11) is 0. The van der Waals surface area contributed by atoms with Crippen molar-refractivity contribution in [3.8, 4) is 11.5 Å². The third-order valence-corrected chi connectivity index (χ3v) is 4.35. The van der Waals surface area contributed by atoms with Gasteiger partial charge in [-0.3, -0.25) is 4.79 Å². The molecule has 0 saturated carbocycles. The van der Waals surface area contributed by atoms with E-state index in [1.54, 1.807) is 25.1 Å². The molecule has 0 saturated heterocycles. The number of hydrogen-bond acceptors (Lipinski definition) is 6. The van der Waals surface area contributed by atoms with Gasteiger partial charge in [-0.2, -0.15) is 0 Å². The molecule has 3 aromatic rings. The van der Waals surface area contributed by atoms with E-state index in [4.69, 9.17) is 9.47 Å². The molecule has 0 atom stereocenters. The summed E-state index contributed by atoms with van der Waals surface area (Å²) in [6, 6.07) is 13.3. The summed E-state index contributed by atoms with van der Waals surface area (Å²) >= 11 is 0. The zero-order valence-corrected chi connectivity index (χ0v) is 15.7. The Hall–Kier alpha value is -3.68. The van der Waals surface area contributed by atoms with Gasteiger partial charge in [-0.05, 0) is 42.3 Å². The molecule has 0 radical (unpaired) electrons. The van der Waals surface area contributed by atoms with Gasteiger partial charge >= 0.3 is 0 Å². The number of rotatable bonds is 6. The molecular weight excluding hydrogens is 375 g/mol. The molecule has 2 heterocycles. The van der Waals surface area contributed by atoms with Gasteiger partial charge in [0, 0.05) is 19.2 Å². The first-order valence-electron chi connectivity index (χ1n) is 9.07. The highest BCUT2D eigenvalue weighted by molar-refractivity contribution is 5.92. The van der Waals surface area contributed by atoms with E-state index in [0.717, 1.165) is 11.1 Å². The maximum absolute atomic E-state index is 13.0. The number of carbonyl (C=O) groups is 1. The molecule has 0 aliphatic carbocycles. The lowest BCUT2D eigenvalue weighted by atomic mass is 10.2. The average molecular weight is 394 g/mol. The molecule has 8 heteroatoms. The van der Waals surface area contributed by atoms with E-state index >= 15 is 0 Å². The number of anilines is 1. The number of aryl methyl sites for hydroxylation is 1. The van der Waals surface area contributed by atoms with Crippen molar-refractivity contribution >= 4 is 11.7 Å². The number of aromatic nitrogens is 2. The van der Waals surface area contributed by atoms with Crippen LogP contribution in [0.4, 0.5) is 10.2 Å². The van der Waals surface area contributed by atoms with Crippen LogP contribution in [-0.4, -0.2) is 22.7 Å². The van der Waals surface area contributed by atoms with Crippen molar-refractivity contribution in [1.82, 2.24) is 15.3 Å². The van der Waals surface area contributed by atoms with Crippen LogP contribution in [0.5, 0.6) is 11.5 Å². The average Bonchev–Trinajstić information content (AvgIpc) is 3.19. The molecule has 0 unspecified atom stereocenters. The standard InChI is InChI=1S/C21H19FN4O3/c1-13-25-17(9-20(26-13)23-10-14-2-5-16(22)6-3-14)21(27)24-11-15-4-7-18-19(8-15)29-12-28-18/h2-9H,10-12H2,1H3,(H,24,27)(H,23,25,26). The molecular formula is C21H19FN4O3. The molecule has 4 rings (SSSR count). The summed E-state index contributed by atoms with van der Waals surface area (Å²) in [6.07, 6.45) is 0. The second-order valence-corrected chi connectivity index (χ2v) is 6.54. The minimum absolute atomic E-state index is 0.207. The molecule has 0 fully saturated rings. The van der Waals surface area contributed by atoms with Gasteiger partial charge in [0.2, 0.25) is 6.79 Å². The van der Waals surface area contributed by atoms with Crippen molar-refractivity contribution in [2.45, 2.75) is 20.0 Å². The second kappa shape index (κ2) is 8.14. The Balaban J connectivity index is 1.39. The first-order chi connectivity index (χ1) is 14.1. The summed E-state index contributed by atoms with van der Waals surface area (Å²) < 4.78 is 23.6. The predicted molar refractivity (Wildman–Crippen MR) is 104 cm³/mol. The first kappa shape index (κ1) is 18.7. The number of fused-ring (bicyclic) bond motifs is 1. The highest BCUT2D eigenvalue weighted by Gasteiger charge is 2.14. The zero-order chi connectivity index (χ0) is 20.2. The van der Waals surface area contributed by atoms with Crippen molar-refractivity contribution in [1.29, 1.82) is 0 Å². The van der Waals surface area contributed by atoms with Crippen LogP contribution in [0.1, 0.15) is 27.4 Å². The Morgan fingerprint density at radius 2 is 1.76 bits per heavy atom. The molecule has 1 aliphatic rings. The maximum Gasteiger partial charge on any atom is 0.270 e. The van der Waals surface area contributed by atoms with Crippen LogP contribution < -0.4 is 20.1 Å². The van der Waals surface area contributed by atoms with Crippen molar-refractivity contribution < 1.29 is 18.7 Å². The monoisotopic (exact) mass is 394 g/mol. The van der Waals surface area contributed by atoms with Crippen LogP contribution in [0, 0.1) is 12.7 Å². The number of amides is 1. The Bertz CT molecular complexity index is 1040. The fraction of sp³-hybridized carbons (Fsp3) is 0.190. The summed E-state index contributed by atoms with van der Waals surface area (Å²) in [4.78, 5) is 21.1. The molecule has 7 nitrogen and oxygen atoms in total. The van der Waals surface area contributed by atoms with Crippen LogP contribution >= 0.6 is 0 Å². The summed E-state index contributed by atoms with van der Waals surface area (Å²) in [5.41, 5.74) is 2.05. The molecule has 2 N–H and O–H groups in total. The van der Waals surface area contributed by atoms with Crippen LogP contribution in [0.25, 0.3) is 0 Å². The molecule has 148 valence electrons. The van der Waals surface area contributed by atoms with E-state index in [1.165, 1.54) is 12.1 Å². The Morgan fingerprint density at radius 1 is 1.00 bits per heavy atom. The fourth-order valence-electron chi connectivity index (χ4n) is 2.89. The van der Waals surface area contributed by atoms with Crippen LogP contribution in [0.2, 0.25) is 0 Å². The summed E-state index contributed by atoms with van der Waals surface area (Å²) in [6.45, 7) is 2.71. The summed E-state index contributed by atoms with van der Waals surface area (Å²) in [5.74, 6) is 1.77. The molecule has 0 spiro atoms. The Labute approximate surface area is 166 Å². The van der Waals surface area contributed by atoms with Crippen LogP contribution in [0.3, 0.4) is 0 Å². The predicted octanol–water partition coefficient (Wildman–Crippen LogP) is 3.19. The first-order valence-corrected chi connectivity index (χ1v) is 9.07.